The van der Waals surface area contributed by atoms with Crippen LogP contribution in [-0.4, -0.2) is 108 Å². The second-order valence-corrected chi connectivity index (χ2v) is 16.3. The predicted molar refractivity (Wildman–Crippen MR) is 192 cm³/mol. The number of hydrogen-bond acceptors (Lipinski definition) is 10. The summed E-state index contributed by atoms with van der Waals surface area (Å²) >= 11 is 0. The molecule has 4 unspecified atom stereocenters. The van der Waals surface area contributed by atoms with Gasteiger partial charge in [-0.25, -0.2) is 4.79 Å². The zero-order valence-corrected chi connectivity index (χ0v) is 31.1. The number of nitrogens with zero attached hydrogens (tertiary/aromatic N) is 2. The number of ether oxygens (including phenoxy) is 1. The van der Waals surface area contributed by atoms with Crippen molar-refractivity contribution < 1.29 is 29.5 Å². The number of rotatable bonds is 11. The van der Waals surface area contributed by atoms with Crippen LogP contribution >= 0.6 is 0 Å². The third kappa shape index (κ3) is 11.9. The summed E-state index contributed by atoms with van der Waals surface area (Å²) in [5, 5.41) is 27.3. The first-order valence-electron chi connectivity index (χ1n) is 18.5. The minimum atomic E-state index is -0.601. The smallest absolute Gasteiger partial charge is 0.407 e. The second-order valence-electron chi connectivity index (χ2n) is 16.3. The summed E-state index contributed by atoms with van der Waals surface area (Å²) in [6, 6.07) is 6.33. The van der Waals surface area contributed by atoms with E-state index >= 15 is 0 Å². The SMILES string of the molecule is Cc1cccc2c1CC1(CCN(C[C@H](C)NC(=O)CNO)C2)CC2CN(C[C@H](C)NC(=O)CNO)CCCCC2C(NC(=O)OC(C)(C)C)C1. The molecule has 13 heteroatoms. The van der Waals surface area contributed by atoms with E-state index in [-0.39, 0.29) is 54.5 Å². The number of hydroxylamine groups is 2. The van der Waals surface area contributed by atoms with Gasteiger partial charge in [0.25, 0.3) is 0 Å². The minimum absolute atomic E-state index is 0.0409. The van der Waals surface area contributed by atoms with Crippen LogP contribution in [0.2, 0.25) is 0 Å². The third-order valence-electron chi connectivity index (χ3n) is 10.7. The van der Waals surface area contributed by atoms with Crippen LogP contribution in [0, 0.1) is 24.2 Å². The van der Waals surface area contributed by atoms with Crippen LogP contribution in [0.25, 0.3) is 0 Å². The highest BCUT2D eigenvalue weighted by Gasteiger charge is 2.48. The molecule has 0 bridgehead atoms. The lowest BCUT2D eigenvalue weighted by Crippen LogP contribution is -2.56. The Balaban J connectivity index is 1.65. The number of alkyl carbamates (subject to hydrolysis) is 1. The quantitative estimate of drug-likeness (QED) is 0.171. The van der Waals surface area contributed by atoms with Crippen LogP contribution in [0.4, 0.5) is 4.79 Å². The van der Waals surface area contributed by atoms with E-state index in [0.29, 0.717) is 24.9 Å². The highest BCUT2D eigenvalue weighted by Crippen LogP contribution is 2.50. The van der Waals surface area contributed by atoms with Gasteiger partial charge in [-0.3, -0.25) is 14.5 Å². The first-order chi connectivity index (χ1) is 23.7. The predicted octanol–water partition coefficient (Wildman–Crippen LogP) is 3.10. The molecule has 3 amide bonds. The molecule has 0 aromatic heterocycles. The van der Waals surface area contributed by atoms with E-state index < -0.39 is 5.60 Å². The molecule has 1 aromatic rings. The average Bonchev–Trinajstić information content (AvgIpc) is 2.98. The summed E-state index contributed by atoms with van der Waals surface area (Å²) in [5.74, 6) is 0.139. The molecule has 13 nitrogen and oxygen atoms in total. The summed E-state index contributed by atoms with van der Waals surface area (Å²) < 4.78 is 5.83. The number of fused-ring (bicyclic) bond motifs is 2. The number of likely N-dealkylation sites (tertiary alicyclic amines) is 1. The van der Waals surface area contributed by atoms with Crippen LogP contribution in [-0.2, 0) is 27.3 Å². The van der Waals surface area contributed by atoms with Gasteiger partial charge >= 0.3 is 6.09 Å². The van der Waals surface area contributed by atoms with E-state index in [1.165, 1.54) is 16.7 Å². The maximum absolute atomic E-state index is 13.4. The zero-order chi connectivity index (χ0) is 36.5. The molecule has 2 aliphatic heterocycles. The van der Waals surface area contributed by atoms with Gasteiger partial charge in [0.2, 0.25) is 11.8 Å². The number of carbonyl (C=O) groups excluding carboxylic acids is 3. The Morgan fingerprint density at radius 3 is 2.26 bits per heavy atom. The van der Waals surface area contributed by atoms with Gasteiger partial charge < -0.3 is 36.0 Å². The first kappa shape index (κ1) is 40.0. The van der Waals surface area contributed by atoms with Crippen molar-refractivity contribution in [2.24, 2.45) is 17.3 Å². The van der Waals surface area contributed by atoms with Gasteiger partial charge in [-0.1, -0.05) is 24.6 Å². The minimum Gasteiger partial charge on any atom is -0.444 e. The van der Waals surface area contributed by atoms with Crippen LogP contribution in [0.1, 0.15) is 89.8 Å². The summed E-state index contributed by atoms with van der Waals surface area (Å²) in [6.07, 6.45) is 6.59. The molecular formula is C37H63N7O6. The van der Waals surface area contributed by atoms with Crippen molar-refractivity contribution >= 4 is 17.9 Å². The number of benzene rings is 1. The molecule has 6 atom stereocenters. The molecule has 3 aliphatic rings. The summed E-state index contributed by atoms with van der Waals surface area (Å²) in [6.45, 7) is 16.5. The van der Waals surface area contributed by atoms with Gasteiger partial charge in [-0.05, 0) is 127 Å². The molecule has 1 spiro atoms. The van der Waals surface area contributed by atoms with E-state index in [1.807, 2.05) is 45.6 Å². The molecule has 0 radical (unpaired) electrons. The van der Waals surface area contributed by atoms with Gasteiger partial charge in [0.1, 0.15) is 5.60 Å². The number of aryl methyl sites for hydroxylation is 1. The number of nitrogens with one attached hydrogen (secondary N) is 5. The Hall–Kier alpha value is -2.81. The van der Waals surface area contributed by atoms with Gasteiger partial charge in [-0.15, -0.1) is 0 Å². The molecule has 50 heavy (non-hydrogen) atoms. The van der Waals surface area contributed by atoms with Crippen molar-refractivity contribution in [1.82, 2.24) is 36.7 Å². The lowest BCUT2D eigenvalue weighted by Gasteiger charge is -2.52. The van der Waals surface area contributed by atoms with Crippen molar-refractivity contribution in [3.63, 3.8) is 0 Å². The Bertz CT molecular complexity index is 1290. The molecular weight excluding hydrogens is 638 g/mol. The van der Waals surface area contributed by atoms with Gasteiger partial charge in [0, 0.05) is 44.3 Å². The number of hydrogen-bond donors (Lipinski definition) is 7. The molecule has 7 N–H and O–H groups in total. The molecule has 2 fully saturated rings. The maximum atomic E-state index is 13.4. The number of carbonyl (C=O) groups is 3. The Kier molecular flexibility index (Phi) is 14.5. The van der Waals surface area contributed by atoms with Crippen LogP contribution in [0.5, 0.6) is 0 Å². The third-order valence-corrected chi connectivity index (χ3v) is 10.7. The van der Waals surface area contributed by atoms with Crippen molar-refractivity contribution in [2.45, 2.75) is 117 Å². The summed E-state index contributed by atoms with van der Waals surface area (Å²) in [4.78, 5) is 42.8. The van der Waals surface area contributed by atoms with Gasteiger partial charge in [0.05, 0.1) is 13.1 Å². The molecule has 1 saturated heterocycles. The van der Waals surface area contributed by atoms with E-state index in [9.17, 15) is 14.4 Å². The lowest BCUT2D eigenvalue weighted by molar-refractivity contribution is -0.123. The van der Waals surface area contributed by atoms with Gasteiger partial charge in [0.15, 0.2) is 0 Å². The van der Waals surface area contributed by atoms with Crippen molar-refractivity contribution in [1.29, 1.82) is 0 Å². The Morgan fingerprint density at radius 1 is 0.960 bits per heavy atom. The van der Waals surface area contributed by atoms with Crippen LogP contribution < -0.4 is 26.9 Å². The van der Waals surface area contributed by atoms with Crippen molar-refractivity contribution in [2.75, 3.05) is 45.8 Å². The topological polar surface area (TPSA) is 168 Å². The van der Waals surface area contributed by atoms with Crippen molar-refractivity contribution in [3.05, 3.63) is 34.9 Å². The summed E-state index contributed by atoms with van der Waals surface area (Å²) in [7, 11) is 0. The highest BCUT2D eigenvalue weighted by atomic mass is 16.6. The largest absolute Gasteiger partial charge is 0.444 e. The lowest BCUT2D eigenvalue weighted by atomic mass is 9.57. The normalized spacial score (nSPS) is 26.2. The fraction of sp³-hybridized carbons (Fsp3) is 0.757. The molecule has 1 saturated carbocycles. The number of amides is 3. The average molecular weight is 702 g/mol. The fourth-order valence-corrected chi connectivity index (χ4v) is 8.80. The van der Waals surface area contributed by atoms with Crippen molar-refractivity contribution in [3.8, 4) is 0 Å². The van der Waals surface area contributed by atoms with Crippen LogP contribution in [0.3, 0.4) is 0 Å². The second kappa shape index (κ2) is 18.1. The molecule has 2 heterocycles. The van der Waals surface area contributed by atoms with E-state index in [1.54, 1.807) is 0 Å². The Morgan fingerprint density at radius 2 is 1.62 bits per heavy atom. The van der Waals surface area contributed by atoms with E-state index in [0.717, 1.165) is 71.1 Å². The highest BCUT2D eigenvalue weighted by molar-refractivity contribution is 5.78. The van der Waals surface area contributed by atoms with E-state index in [2.05, 4.69) is 50.9 Å². The molecule has 4 rings (SSSR count). The molecule has 1 aliphatic carbocycles. The van der Waals surface area contributed by atoms with Crippen LogP contribution in [0.15, 0.2) is 18.2 Å². The molecule has 1 aromatic carbocycles. The maximum Gasteiger partial charge on any atom is 0.407 e. The molecule has 282 valence electrons. The summed E-state index contributed by atoms with van der Waals surface area (Å²) in [5.41, 5.74) is 7.17. The monoisotopic (exact) mass is 701 g/mol. The Labute approximate surface area is 298 Å². The fourth-order valence-electron chi connectivity index (χ4n) is 8.80. The van der Waals surface area contributed by atoms with E-state index in [4.69, 9.17) is 15.2 Å². The standard InChI is InChI=1S/C37H63N7O6/c1-25-10-9-11-28-23-44(22-27(3)41-34(46)20-39-49)15-13-37(17-31(25)28)16-29-24-43(21-26(2)40-33(45)19-38-48)14-8-7-12-30(29)32(18-37)42-35(47)50-36(4,5)6/h9-11,26-27,29-30,32,38-39,48-49H,7-8,12-24H2,1-6H3,(H,40,45)(H,41,46)(H,42,47)/t26-,27-,29?,30?,32?,37?/m0/s1. The first-order valence-corrected chi connectivity index (χ1v) is 18.5. The zero-order valence-electron chi connectivity index (χ0n) is 31.1. The van der Waals surface area contributed by atoms with Gasteiger partial charge in [-0.2, -0.15) is 11.0 Å².